The fraction of sp³-hybridized carbons (Fsp3) is 0.727. The van der Waals surface area contributed by atoms with E-state index in [-0.39, 0.29) is 23.4 Å². The van der Waals surface area contributed by atoms with E-state index in [1.807, 2.05) is 14.1 Å². The standard InChI is InChI=1S/C11H21NO6S.H2O/c1-10(2)11(13)18-17-8-7-12(3,4)6-5-9-19(14,15)16;/h1,5-9H2,2-4H3;1H2. The van der Waals surface area contributed by atoms with Crippen LogP contribution < -0.4 is 0 Å². The Morgan fingerprint density at radius 3 is 2.30 bits per heavy atom. The van der Waals surface area contributed by atoms with Gasteiger partial charge >= 0.3 is 5.97 Å². The summed E-state index contributed by atoms with van der Waals surface area (Å²) in [6.07, 6.45) is 0.345. The van der Waals surface area contributed by atoms with Crippen LogP contribution in [-0.2, 0) is 24.7 Å². The van der Waals surface area contributed by atoms with Crippen LogP contribution in [0.2, 0.25) is 0 Å². The molecule has 0 amide bonds. The molecule has 0 bridgehead atoms. The minimum atomic E-state index is -3.91. The Morgan fingerprint density at radius 2 is 1.85 bits per heavy atom. The second-order valence-electron chi connectivity index (χ2n) is 5.00. The summed E-state index contributed by atoms with van der Waals surface area (Å²) in [7, 11) is -0.147. The molecule has 0 aliphatic carbocycles. The second-order valence-corrected chi connectivity index (χ2v) is 6.57. The van der Waals surface area contributed by atoms with Crippen molar-refractivity contribution in [3.8, 4) is 0 Å². The van der Waals surface area contributed by atoms with Gasteiger partial charge in [0.2, 0.25) is 0 Å². The molecule has 0 aromatic heterocycles. The van der Waals surface area contributed by atoms with E-state index in [1.165, 1.54) is 6.92 Å². The van der Waals surface area contributed by atoms with Crippen LogP contribution in [0.25, 0.3) is 0 Å². The van der Waals surface area contributed by atoms with Crippen molar-refractivity contribution in [1.29, 1.82) is 0 Å². The zero-order chi connectivity index (χ0) is 15.1. The van der Waals surface area contributed by atoms with Gasteiger partial charge in [-0.1, -0.05) is 6.58 Å². The van der Waals surface area contributed by atoms with E-state index < -0.39 is 16.1 Å². The van der Waals surface area contributed by atoms with Gasteiger partial charge in [-0.15, -0.1) is 0 Å². The van der Waals surface area contributed by atoms with Gasteiger partial charge in [0.15, 0.2) is 0 Å². The summed E-state index contributed by atoms with van der Waals surface area (Å²) in [6.45, 7) is 6.20. The lowest BCUT2D eigenvalue weighted by Crippen LogP contribution is -2.43. The van der Waals surface area contributed by atoms with E-state index in [9.17, 15) is 13.2 Å². The molecule has 2 N–H and O–H groups in total. The third-order valence-electron chi connectivity index (χ3n) is 2.43. The van der Waals surface area contributed by atoms with E-state index in [1.54, 1.807) is 0 Å². The molecule has 0 aliphatic rings. The van der Waals surface area contributed by atoms with Crippen molar-refractivity contribution in [2.45, 2.75) is 13.3 Å². The first-order valence-corrected chi connectivity index (χ1v) is 7.41. The van der Waals surface area contributed by atoms with Gasteiger partial charge in [0.25, 0.3) is 10.1 Å². The predicted octanol–water partition coefficient (Wildman–Crippen LogP) is 0.215. The molecule has 0 fully saturated rings. The molecule has 0 saturated heterocycles. The van der Waals surface area contributed by atoms with E-state index in [4.69, 9.17) is 9.44 Å². The van der Waals surface area contributed by atoms with Gasteiger partial charge in [-0.25, -0.2) is 4.79 Å². The van der Waals surface area contributed by atoms with Crippen LogP contribution in [0.5, 0.6) is 0 Å². The fourth-order valence-corrected chi connectivity index (χ4v) is 1.73. The molecule has 0 aromatic rings. The highest BCUT2D eigenvalue weighted by molar-refractivity contribution is 7.85. The van der Waals surface area contributed by atoms with Crippen molar-refractivity contribution < 1.29 is 37.5 Å². The predicted molar refractivity (Wildman–Crippen MR) is 71.7 cm³/mol. The average molecular weight is 313 g/mol. The summed E-state index contributed by atoms with van der Waals surface area (Å²) in [5.74, 6) is -0.878. The van der Waals surface area contributed by atoms with E-state index >= 15 is 0 Å². The first-order valence-electron chi connectivity index (χ1n) is 5.80. The minimum absolute atomic E-state index is 0. The Kier molecular flexibility index (Phi) is 9.62. The van der Waals surface area contributed by atoms with Gasteiger partial charge in [-0.2, -0.15) is 13.3 Å². The highest BCUT2D eigenvalue weighted by Gasteiger charge is 2.17. The number of quaternary nitrogens is 1. The summed E-state index contributed by atoms with van der Waals surface area (Å²) in [5, 5.41) is 0. The Bertz CT molecular complexity index is 416. The van der Waals surface area contributed by atoms with Gasteiger partial charge in [0.1, 0.15) is 13.2 Å². The van der Waals surface area contributed by atoms with E-state index in [0.717, 1.165) is 0 Å². The number of carbonyl (C=O) groups excluding carboxylic acids is 1. The Balaban J connectivity index is 0. The molecule has 0 rings (SSSR count). The third-order valence-corrected chi connectivity index (χ3v) is 3.23. The quantitative estimate of drug-likeness (QED) is 0.161. The zero-order valence-corrected chi connectivity index (χ0v) is 12.9. The van der Waals surface area contributed by atoms with Crippen LogP contribution in [-0.4, -0.2) is 68.4 Å². The van der Waals surface area contributed by atoms with Crippen molar-refractivity contribution in [1.82, 2.24) is 0 Å². The van der Waals surface area contributed by atoms with Gasteiger partial charge in [-0.3, -0.25) is 9.44 Å². The van der Waals surface area contributed by atoms with Gasteiger partial charge in [0.05, 0.1) is 26.4 Å². The van der Waals surface area contributed by atoms with Crippen molar-refractivity contribution in [2.75, 3.05) is 39.5 Å². The molecule has 20 heavy (non-hydrogen) atoms. The topological polar surface area (TPSA) is 120 Å². The largest absolute Gasteiger partial charge is 0.870 e. The number of hydrogen-bond acceptors (Lipinski definition) is 6. The summed E-state index contributed by atoms with van der Waals surface area (Å²) in [6, 6.07) is 0. The minimum Gasteiger partial charge on any atom is -0.870 e. The highest BCUT2D eigenvalue weighted by Crippen LogP contribution is 2.02. The van der Waals surface area contributed by atoms with Crippen LogP contribution in [0.4, 0.5) is 0 Å². The van der Waals surface area contributed by atoms with Crippen LogP contribution in [0, 0.1) is 0 Å². The molecule has 0 radical (unpaired) electrons. The number of carbonyl (C=O) groups is 1. The SMILES string of the molecule is C=C(C)C(=O)OOCC[N+](C)(C)CCCS(=O)(=O)O.[OH-]. The maximum atomic E-state index is 11.0. The summed E-state index contributed by atoms with van der Waals surface area (Å²) < 4.78 is 30.3. The van der Waals surface area contributed by atoms with Gasteiger partial charge < -0.3 is 9.96 Å². The third kappa shape index (κ3) is 12.1. The first-order chi connectivity index (χ1) is 8.53. The van der Waals surface area contributed by atoms with E-state index in [0.29, 0.717) is 24.0 Å². The molecular weight excluding hydrogens is 290 g/mol. The fourth-order valence-electron chi connectivity index (χ4n) is 1.24. The Labute approximate surface area is 119 Å². The molecule has 0 unspecified atom stereocenters. The normalized spacial score (nSPS) is 11.6. The molecule has 0 aliphatic heterocycles. The number of nitrogens with zero attached hydrogens (tertiary/aromatic N) is 1. The zero-order valence-electron chi connectivity index (χ0n) is 12.0. The monoisotopic (exact) mass is 313 g/mol. The molecule has 9 heteroatoms. The molecule has 0 saturated carbocycles. The van der Waals surface area contributed by atoms with Crippen LogP contribution in [0.15, 0.2) is 12.2 Å². The van der Waals surface area contributed by atoms with Gasteiger partial charge in [-0.05, 0) is 6.92 Å². The highest BCUT2D eigenvalue weighted by atomic mass is 32.2. The lowest BCUT2D eigenvalue weighted by Gasteiger charge is -2.29. The number of rotatable bonds is 9. The maximum Gasteiger partial charge on any atom is 0.368 e. The van der Waals surface area contributed by atoms with Crippen molar-refractivity contribution in [3.63, 3.8) is 0 Å². The van der Waals surface area contributed by atoms with Crippen molar-refractivity contribution >= 4 is 16.1 Å². The maximum absolute atomic E-state index is 11.0. The molecule has 120 valence electrons. The van der Waals surface area contributed by atoms with E-state index in [2.05, 4.69) is 11.5 Å². The molecule has 8 nitrogen and oxygen atoms in total. The van der Waals surface area contributed by atoms with Crippen molar-refractivity contribution in [3.05, 3.63) is 12.2 Å². The number of hydrogen-bond donors (Lipinski definition) is 1. The first kappa shape index (κ1) is 21.3. The molecule has 0 aromatic carbocycles. The van der Waals surface area contributed by atoms with Crippen LogP contribution >= 0.6 is 0 Å². The Morgan fingerprint density at radius 1 is 1.30 bits per heavy atom. The molecular formula is C11H23NO7S. The summed E-state index contributed by atoms with van der Waals surface area (Å²) in [5.41, 5.74) is 0.252. The lowest BCUT2D eigenvalue weighted by molar-refractivity contribution is -0.891. The number of likely N-dealkylation sites (N-methyl/N-ethyl adjacent to an activating group) is 1. The van der Waals surface area contributed by atoms with Gasteiger partial charge in [0, 0.05) is 12.0 Å². The second kappa shape index (κ2) is 9.03. The summed E-state index contributed by atoms with van der Waals surface area (Å²) >= 11 is 0. The Hall–Kier alpha value is -1.00. The molecule has 0 spiro atoms. The van der Waals surface area contributed by atoms with Crippen molar-refractivity contribution in [2.24, 2.45) is 0 Å². The lowest BCUT2D eigenvalue weighted by atomic mass is 10.4. The molecule has 0 heterocycles. The smallest absolute Gasteiger partial charge is 0.368 e. The van der Waals surface area contributed by atoms with Crippen LogP contribution in [0.3, 0.4) is 0 Å². The summed E-state index contributed by atoms with van der Waals surface area (Å²) in [4.78, 5) is 20.2. The molecule has 0 atom stereocenters. The van der Waals surface area contributed by atoms with Crippen LogP contribution in [0.1, 0.15) is 13.3 Å². The average Bonchev–Trinajstić information content (AvgIpc) is 2.21.